The fourth-order valence-electron chi connectivity index (χ4n) is 2.25. The molecule has 0 bridgehead atoms. The maximum atomic E-state index is 12.1. The van der Waals surface area contributed by atoms with Crippen molar-refractivity contribution in [1.82, 2.24) is 14.5 Å². The molecule has 2 heterocycles. The lowest BCUT2D eigenvalue weighted by atomic mass is 10.2. The first kappa shape index (κ1) is 15.8. The van der Waals surface area contributed by atoms with Gasteiger partial charge in [0.05, 0.1) is 31.4 Å². The Hall–Kier alpha value is -1.60. The Bertz CT molecular complexity index is 481. The van der Waals surface area contributed by atoms with Gasteiger partial charge in [-0.25, -0.2) is 9.78 Å². The highest BCUT2D eigenvalue weighted by Gasteiger charge is 2.30. The quantitative estimate of drug-likeness (QED) is 0.904. The Balaban J connectivity index is 2.03. The minimum atomic E-state index is -0.494. The Kier molecular flexibility index (Phi) is 4.84. The predicted octanol–water partition coefficient (Wildman–Crippen LogP) is 1.15. The van der Waals surface area contributed by atoms with E-state index in [2.05, 4.69) is 4.98 Å². The average Bonchev–Trinajstić information content (AvgIpc) is 2.86. The number of imidazole rings is 1. The van der Waals surface area contributed by atoms with Gasteiger partial charge in [-0.1, -0.05) is 0 Å². The molecule has 21 heavy (non-hydrogen) atoms. The van der Waals surface area contributed by atoms with E-state index in [9.17, 15) is 4.79 Å². The molecule has 1 amide bonds. The lowest BCUT2D eigenvalue weighted by Crippen LogP contribution is -2.45. The summed E-state index contributed by atoms with van der Waals surface area (Å²) in [4.78, 5) is 18.0. The molecule has 118 valence electrons. The normalized spacial score (nSPS) is 19.6. The number of morpholine rings is 1. The van der Waals surface area contributed by atoms with Gasteiger partial charge in [-0.2, -0.15) is 0 Å². The summed E-state index contributed by atoms with van der Waals surface area (Å²) < 4.78 is 13.1. The van der Waals surface area contributed by atoms with Crippen LogP contribution in [0.4, 0.5) is 4.79 Å². The van der Waals surface area contributed by atoms with Crippen LogP contribution in [0.2, 0.25) is 0 Å². The minimum absolute atomic E-state index is 0.194. The second-order valence-electron chi connectivity index (χ2n) is 6.09. The van der Waals surface area contributed by atoms with Crippen molar-refractivity contribution >= 4 is 6.09 Å². The highest BCUT2D eigenvalue weighted by atomic mass is 16.6. The number of aromatic nitrogens is 2. The van der Waals surface area contributed by atoms with Crippen LogP contribution in [0.1, 0.15) is 32.6 Å². The number of rotatable bonds is 3. The molecule has 2 N–H and O–H groups in total. The van der Waals surface area contributed by atoms with Crippen LogP contribution in [0.25, 0.3) is 0 Å². The first-order valence-electron chi connectivity index (χ1n) is 7.20. The zero-order valence-corrected chi connectivity index (χ0v) is 12.9. The Labute approximate surface area is 125 Å². The van der Waals surface area contributed by atoms with Crippen molar-refractivity contribution in [2.24, 2.45) is 5.73 Å². The Morgan fingerprint density at radius 1 is 1.57 bits per heavy atom. The van der Waals surface area contributed by atoms with Gasteiger partial charge in [0.2, 0.25) is 0 Å². The zero-order chi connectivity index (χ0) is 15.5. The number of hydrogen-bond donors (Lipinski definition) is 1. The molecule has 1 aliphatic rings. The summed E-state index contributed by atoms with van der Waals surface area (Å²) in [6.45, 7) is 8.28. The lowest BCUT2D eigenvalue weighted by molar-refractivity contribution is -0.0458. The number of amides is 1. The number of hydrogen-bond acceptors (Lipinski definition) is 5. The number of carbonyl (C=O) groups is 1. The van der Waals surface area contributed by atoms with Crippen molar-refractivity contribution in [3.05, 3.63) is 18.2 Å². The summed E-state index contributed by atoms with van der Waals surface area (Å²) in [5.74, 6) is 0. The average molecular weight is 296 g/mol. The van der Waals surface area contributed by atoms with Gasteiger partial charge >= 0.3 is 6.09 Å². The Morgan fingerprint density at radius 3 is 3.00 bits per heavy atom. The summed E-state index contributed by atoms with van der Waals surface area (Å²) in [6.07, 6.45) is 3.00. The van der Waals surface area contributed by atoms with Gasteiger partial charge in [-0.3, -0.25) is 0 Å². The Morgan fingerprint density at radius 2 is 2.33 bits per heavy atom. The van der Waals surface area contributed by atoms with Crippen LogP contribution < -0.4 is 5.73 Å². The highest BCUT2D eigenvalue weighted by molar-refractivity contribution is 5.68. The van der Waals surface area contributed by atoms with Crippen molar-refractivity contribution in [3.8, 4) is 0 Å². The summed E-state index contributed by atoms with van der Waals surface area (Å²) >= 11 is 0. The fourth-order valence-corrected chi connectivity index (χ4v) is 2.25. The monoisotopic (exact) mass is 296 g/mol. The maximum absolute atomic E-state index is 12.1. The van der Waals surface area contributed by atoms with Crippen molar-refractivity contribution in [2.75, 3.05) is 26.2 Å². The lowest BCUT2D eigenvalue weighted by Gasteiger charge is -2.34. The molecule has 0 radical (unpaired) electrons. The number of carbonyl (C=O) groups excluding carboxylic acids is 1. The first-order valence-corrected chi connectivity index (χ1v) is 7.20. The van der Waals surface area contributed by atoms with E-state index in [0.29, 0.717) is 32.8 Å². The van der Waals surface area contributed by atoms with E-state index in [-0.39, 0.29) is 12.2 Å². The molecular formula is C14H24N4O3. The van der Waals surface area contributed by atoms with Crippen LogP contribution in [0, 0.1) is 0 Å². The molecule has 1 aromatic heterocycles. The number of ether oxygens (including phenoxy) is 2. The topological polar surface area (TPSA) is 82.6 Å². The molecular weight excluding hydrogens is 272 g/mol. The molecule has 1 fully saturated rings. The molecule has 1 saturated heterocycles. The number of nitrogens with zero attached hydrogens (tertiary/aromatic N) is 3. The second-order valence-corrected chi connectivity index (χ2v) is 6.09. The van der Waals surface area contributed by atoms with Gasteiger partial charge in [0.15, 0.2) is 0 Å². The van der Waals surface area contributed by atoms with E-state index in [4.69, 9.17) is 15.2 Å². The number of nitrogens with two attached hydrogens (primary N) is 1. The molecule has 0 spiro atoms. The molecule has 7 heteroatoms. The standard InChI is InChI=1S/C14H24N4O3/c1-14(2,3)21-13(19)17-6-7-20-12(9-17)11-8-16-10-18(11)5-4-15/h8,10,12H,4-7,9,15H2,1-3H3. The molecule has 0 aliphatic carbocycles. The van der Waals surface area contributed by atoms with E-state index >= 15 is 0 Å². The van der Waals surface area contributed by atoms with E-state index in [1.54, 1.807) is 17.4 Å². The van der Waals surface area contributed by atoms with Crippen molar-refractivity contribution in [2.45, 2.75) is 39.0 Å². The van der Waals surface area contributed by atoms with Gasteiger partial charge in [0, 0.05) is 19.6 Å². The zero-order valence-electron chi connectivity index (χ0n) is 12.9. The van der Waals surface area contributed by atoms with Crippen LogP contribution in [0.3, 0.4) is 0 Å². The summed E-state index contributed by atoms with van der Waals surface area (Å²) in [7, 11) is 0. The third-order valence-electron chi connectivity index (χ3n) is 3.16. The van der Waals surface area contributed by atoms with Crippen LogP contribution >= 0.6 is 0 Å². The van der Waals surface area contributed by atoms with Gasteiger partial charge < -0.3 is 24.7 Å². The van der Waals surface area contributed by atoms with E-state index in [1.807, 2.05) is 25.3 Å². The SMILES string of the molecule is CC(C)(C)OC(=O)N1CCOC(c2cncn2CCN)C1. The predicted molar refractivity (Wildman–Crippen MR) is 77.8 cm³/mol. The van der Waals surface area contributed by atoms with Gasteiger partial charge in [0.25, 0.3) is 0 Å². The van der Waals surface area contributed by atoms with Crippen molar-refractivity contribution in [3.63, 3.8) is 0 Å². The molecule has 0 saturated carbocycles. The summed E-state index contributed by atoms with van der Waals surface area (Å²) in [6, 6.07) is 0. The molecule has 1 unspecified atom stereocenters. The molecule has 0 aromatic carbocycles. The van der Waals surface area contributed by atoms with Crippen molar-refractivity contribution in [1.29, 1.82) is 0 Å². The third kappa shape index (κ3) is 4.18. The van der Waals surface area contributed by atoms with E-state index < -0.39 is 5.60 Å². The van der Waals surface area contributed by atoms with Crippen LogP contribution in [-0.2, 0) is 16.0 Å². The largest absolute Gasteiger partial charge is 0.444 e. The third-order valence-corrected chi connectivity index (χ3v) is 3.16. The molecule has 1 aromatic rings. The summed E-state index contributed by atoms with van der Waals surface area (Å²) in [5, 5.41) is 0. The van der Waals surface area contributed by atoms with Gasteiger partial charge in [0.1, 0.15) is 11.7 Å². The molecule has 7 nitrogen and oxygen atoms in total. The van der Waals surface area contributed by atoms with Crippen LogP contribution in [0.15, 0.2) is 12.5 Å². The molecule has 1 atom stereocenters. The smallest absolute Gasteiger partial charge is 0.410 e. The summed E-state index contributed by atoms with van der Waals surface area (Å²) in [5.41, 5.74) is 6.03. The highest BCUT2D eigenvalue weighted by Crippen LogP contribution is 2.23. The van der Waals surface area contributed by atoms with E-state index in [0.717, 1.165) is 5.69 Å². The maximum Gasteiger partial charge on any atom is 0.410 e. The second kappa shape index (κ2) is 6.44. The molecule has 1 aliphatic heterocycles. The van der Waals surface area contributed by atoms with E-state index in [1.165, 1.54) is 0 Å². The van der Waals surface area contributed by atoms with Gasteiger partial charge in [-0.15, -0.1) is 0 Å². The minimum Gasteiger partial charge on any atom is -0.444 e. The fraction of sp³-hybridized carbons (Fsp3) is 0.714. The first-order chi connectivity index (χ1) is 9.90. The van der Waals surface area contributed by atoms with Crippen LogP contribution in [0.5, 0.6) is 0 Å². The van der Waals surface area contributed by atoms with Crippen LogP contribution in [-0.4, -0.2) is 52.4 Å². The van der Waals surface area contributed by atoms with Crippen molar-refractivity contribution < 1.29 is 14.3 Å². The van der Waals surface area contributed by atoms with Gasteiger partial charge in [-0.05, 0) is 20.8 Å². The molecule has 2 rings (SSSR count).